The zero-order valence-corrected chi connectivity index (χ0v) is 52.7. The Balaban J connectivity index is 0.764. The minimum Gasteiger partial charge on any atom is -0.391 e. The molecule has 3 aliphatic heterocycles. The molecule has 6 aromatic rings. The number of benzene rings is 4. The Hall–Kier alpha value is -7.92. The van der Waals surface area contributed by atoms with E-state index >= 15 is 0 Å². The molecular weight excluding hydrogens is 1180 g/mol. The van der Waals surface area contributed by atoms with Crippen LogP contribution >= 0.6 is 18.9 Å². The summed E-state index contributed by atoms with van der Waals surface area (Å²) in [4.78, 5) is 139. The van der Waals surface area contributed by atoms with Crippen molar-refractivity contribution in [2.45, 2.75) is 168 Å². The lowest BCUT2D eigenvalue weighted by Gasteiger charge is -2.35. The number of aliphatic hydroxyl groups excluding tert-OH is 1. The molecule has 472 valence electrons. The molecule has 7 amide bonds. The number of carbonyl (C=O) groups excluding carboxylic acids is 8. The first-order valence-electron chi connectivity index (χ1n) is 30.0. The van der Waals surface area contributed by atoms with Crippen LogP contribution in [0.5, 0.6) is 0 Å². The van der Waals surface area contributed by atoms with Gasteiger partial charge >= 0.3 is 7.60 Å². The number of nitrogens with one attached hydrogen (secondary N) is 5. The summed E-state index contributed by atoms with van der Waals surface area (Å²) in [6, 6.07) is 19.8. The number of unbranched alkanes of at least 4 members (excludes halogenated alkanes) is 1. The van der Waals surface area contributed by atoms with Crippen LogP contribution in [-0.2, 0) is 63.9 Å². The molecule has 1 fully saturated rings. The summed E-state index contributed by atoms with van der Waals surface area (Å²) in [7, 11) is -5.06. The van der Waals surface area contributed by atoms with E-state index in [-0.39, 0.29) is 80.8 Å². The molecule has 0 unspecified atom stereocenters. The van der Waals surface area contributed by atoms with Crippen LogP contribution in [0.1, 0.15) is 146 Å². The summed E-state index contributed by atoms with van der Waals surface area (Å²) in [6.45, 7) is 13.3. The molecule has 3 aliphatic rings. The Labute approximate surface area is 520 Å². The molecule has 8 atom stereocenters. The Morgan fingerprint density at radius 1 is 0.888 bits per heavy atom. The third-order valence-corrected chi connectivity index (χ3v) is 18.8. The Morgan fingerprint density at radius 3 is 2.30 bits per heavy atom. The van der Waals surface area contributed by atoms with Gasteiger partial charge in [-0.15, -0.1) is 11.3 Å². The van der Waals surface area contributed by atoms with Crippen LogP contribution < -0.4 is 31.9 Å². The number of anilines is 1. The van der Waals surface area contributed by atoms with E-state index in [4.69, 9.17) is 10.5 Å². The van der Waals surface area contributed by atoms with Gasteiger partial charge < -0.3 is 56.5 Å². The Morgan fingerprint density at radius 2 is 1.62 bits per heavy atom. The van der Waals surface area contributed by atoms with Crippen LogP contribution in [0.3, 0.4) is 0 Å². The number of thiazole rings is 1. The number of carbonyl (C=O) groups is 8. The summed E-state index contributed by atoms with van der Waals surface area (Å²) in [5.41, 5.74) is 13.6. The lowest BCUT2D eigenvalue weighted by Crippen LogP contribution is -2.57. The summed E-state index contributed by atoms with van der Waals surface area (Å²) in [6.07, 6.45) is 1.51. The summed E-state index contributed by atoms with van der Waals surface area (Å²) < 4.78 is 18.0. The number of hydrogen-bond donors (Lipinski definition) is 9. The number of primary amides is 1. The fraction of sp³-hybridized carbons (Fsp3) is 0.431. The van der Waals surface area contributed by atoms with E-state index in [1.165, 1.54) is 34.1 Å². The van der Waals surface area contributed by atoms with Gasteiger partial charge in [0.2, 0.25) is 35.4 Å². The van der Waals surface area contributed by atoms with Gasteiger partial charge in [0.05, 0.1) is 52.7 Å². The number of H-pyrrole nitrogens is 1. The topological polar surface area (TPSA) is 333 Å². The third-order valence-electron chi connectivity index (χ3n) is 17.1. The third kappa shape index (κ3) is 15.4. The first kappa shape index (κ1) is 65.5. The fourth-order valence-electron chi connectivity index (χ4n) is 12.1. The van der Waals surface area contributed by atoms with Crippen LogP contribution in [0.2, 0.25) is 0 Å². The number of aliphatic hydroxyl groups is 1. The predicted molar refractivity (Wildman–Crippen MR) is 335 cm³/mol. The number of ether oxygens (including phenoxy) is 1. The molecule has 2 aromatic heterocycles. The molecule has 0 saturated carbocycles. The number of fused-ring (bicyclic) bond motifs is 1. The molecule has 5 heterocycles. The normalized spacial score (nSPS) is 18.8. The van der Waals surface area contributed by atoms with Crippen molar-refractivity contribution in [2.24, 2.45) is 11.1 Å². The van der Waals surface area contributed by atoms with Crippen molar-refractivity contribution in [2.75, 3.05) is 11.4 Å². The van der Waals surface area contributed by atoms with Crippen molar-refractivity contribution >= 4 is 82.4 Å². The predicted octanol–water partition coefficient (Wildman–Crippen LogP) is 6.67. The van der Waals surface area contributed by atoms with Gasteiger partial charge in [-0.25, -0.2) is 4.98 Å². The van der Waals surface area contributed by atoms with Gasteiger partial charge in [0, 0.05) is 48.7 Å². The van der Waals surface area contributed by atoms with E-state index in [1.54, 1.807) is 23.8 Å². The van der Waals surface area contributed by atoms with Gasteiger partial charge in [-0.2, -0.15) is 0 Å². The maximum absolute atomic E-state index is 14.6. The van der Waals surface area contributed by atoms with Crippen LogP contribution in [0, 0.1) is 19.3 Å². The van der Waals surface area contributed by atoms with Gasteiger partial charge in [0.25, 0.3) is 11.4 Å². The van der Waals surface area contributed by atoms with Crippen LogP contribution in [-0.4, -0.2) is 126 Å². The number of aryl methyl sites for hydroxylation is 4. The number of β-amino-alcohol motifs (C(OH)–C–C–N with tert-alkyl or cyclic N) is 1. The second-order valence-corrected chi connectivity index (χ2v) is 27.1. The summed E-state index contributed by atoms with van der Waals surface area (Å²) >= 11 is 1.56. The molecule has 1 saturated heterocycles. The number of para-hydroxylation sites is 1. The molecule has 0 aliphatic carbocycles. The van der Waals surface area contributed by atoms with Gasteiger partial charge in [0.15, 0.2) is 0 Å². The highest BCUT2D eigenvalue weighted by molar-refractivity contribution is 7.70. The molecule has 0 radical (unpaired) electrons. The van der Waals surface area contributed by atoms with Crippen LogP contribution in [0.4, 0.5) is 5.69 Å². The van der Waals surface area contributed by atoms with E-state index in [0.717, 1.165) is 49.5 Å². The lowest BCUT2D eigenvalue weighted by molar-refractivity contribution is -0.144. The number of hydrogen-bond acceptors (Lipinski definition) is 13. The van der Waals surface area contributed by atoms with Crippen LogP contribution in [0.15, 0.2) is 90.4 Å². The van der Waals surface area contributed by atoms with Gasteiger partial charge in [-0.3, -0.25) is 47.8 Å². The number of nitrogens with zero attached hydrogens (tertiary/aromatic N) is 3. The zero-order chi connectivity index (χ0) is 64.2. The molecule has 9 rings (SSSR count). The first-order valence-corrected chi connectivity index (χ1v) is 32.5. The number of nitrogens with two attached hydrogens (primary N) is 1. The van der Waals surface area contributed by atoms with Gasteiger partial charge in [-0.05, 0) is 135 Å². The Bertz CT molecular complexity index is 3740. The molecule has 10 N–H and O–H groups in total. The highest BCUT2D eigenvalue weighted by Crippen LogP contribution is 2.41. The molecule has 0 spiro atoms. The average molecular weight is 1260 g/mol. The van der Waals surface area contributed by atoms with Crippen molar-refractivity contribution in [1.82, 2.24) is 36.1 Å². The van der Waals surface area contributed by atoms with Gasteiger partial charge in [0.1, 0.15) is 29.9 Å². The zero-order valence-electron chi connectivity index (χ0n) is 51.0. The lowest BCUT2D eigenvalue weighted by atomic mass is 9.85. The van der Waals surface area contributed by atoms with E-state index in [0.29, 0.717) is 42.3 Å². The number of likely N-dealkylation sites (tertiary alicyclic amines) is 1. The highest BCUT2D eigenvalue weighted by atomic mass is 32.1. The molecule has 22 nitrogen and oxygen atoms in total. The summed E-state index contributed by atoms with van der Waals surface area (Å²) in [5, 5.41) is 23.0. The Kier molecular flexibility index (Phi) is 20.2. The molecular formula is C65H78N9O13PS. The second kappa shape index (κ2) is 27.4. The number of aromatic nitrogens is 2. The van der Waals surface area contributed by atoms with Crippen molar-refractivity contribution < 1.29 is 62.6 Å². The average Bonchev–Trinajstić information content (AvgIpc) is 1.75. The monoisotopic (exact) mass is 1260 g/mol. The van der Waals surface area contributed by atoms with E-state index < -0.39 is 90.5 Å². The van der Waals surface area contributed by atoms with Crippen LogP contribution in [0.25, 0.3) is 21.3 Å². The smallest absolute Gasteiger partial charge is 0.391 e. The molecule has 4 aromatic carbocycles. The summed E-state index contributed by atoms with van der Waals surface area (Å²) in [5.74, 6) is -3.32. The van der Waals surface area contributed by atoms with Crippen molar-refractivity contribution in [3.63, 3.8) is 0 Å². The second-order valence-electron chi connectivity index (χ2n) is 24.7. The minimum atomic E-state index is -5.06. The SMILES string of the molecule is Cc1cc(CO[C@H](C)[C@H](CCC(N)=O)NC(=O)[C@@H]2Cc3cccc4c3N2C(=O)[C@@H](NC(=O)c2cc3cc(C(=O)P(=O)(O)O)ccc3[nH]2)CC4)ccc1CCCCC(=O)N[C@H](C(=O)N1C[C@H](O)C[C@H]1C(=O)N[C@@H](C)c1ccc(-c2scnc2C)cc1)C(C)(C)C. The molecule has 0 bridgehead atoms. The standard InChI is InChI=1S/C65H78N9O13PS/c1-35-27-39(15-16-40(35)11-8-9-14-55(77)72-58(65(5,6)7)63(82)73-32-47(75)31-52(73)60(79)68-36(2)41-17-19-43(20-18-41)57-37(3)67-34-89-57)33-87-38(4)48(25-26-54(66)76)70-61(80)53-30-44-13-10-12-42-21-24-50(62(81)74(53)56(42)44)71-59(78)51-29-46-28-45(22-23-49(46)69-51)64(83)88(84,85)86/h10,12-13,15-20,22-23,27-29,34,36,38,47-48,50,52-53,58,69,75H,8-9,11,14,21,24-26,30-33H2,1-7H3,(H2,66,76)(H,68,79)(H,70,80)(H,71,78)(H,72,77)(H2,84,85,86)/t36-,38+,47+,48-,50-,52-,53-,58+/m0/s1. The highest BCUT2D eigenvalue weighted by Gasteiger charge is 2.47. The minimum absolute atomic E-state index is 0.0349. The maximum atomic E-state index is 14.6. The van der Waals surface area contributed by atoms with E-state index in [2.05, 4.69) is 31.2 Å². The molecule has 89 heavy (non-hydrogen) atoms. The number of amides is 7. The maximum Gasteiger partial charge on any atom is 0.396 e. The quantitative estimate of drug-likeness (QED) is 0.0226. The van der Waals surface area contributed by atoms with E-state index in [9.17, 15) is 57.8 Å². The first-order chi connectivity index (χ1) is 42.1. The van der Waals surface area contributed by atoms with Crippen molar-refractivity contribution in [3.8, 4) is 10.4 Å². The van der Waals surface area contributed by atoms with Crippen molar-refractivity contribution in [3.05, 3.63) is 141 Å². The van der Waals surface area contributed by atoms with E-state index in [1.807, 2.05) is 102 Å². The van der Waals surface area contributed by atoms with Gasteiger partial charge in [-0.1, -0.05) is 81.4 Å². The van der Waals surface area contributed by atoms with Crippen molar-refractivity contribution in [1.29, 1.82) is 0 Å². The fourth-order valence-corrected chi connectivity index (χ4v) is 13.4. The molecule has 24 heteroatoms. The number of aromatic amines is 1. The number of rotatable bonds is 24. The largest absolute Gasteiger partial charge is 0.396 e.